The van der Waals surface area contributed by atoms with Crippen molar-refractivity contribution in [2.24, 2.45) is 5.92 Å². The topological polar surface area (TPSA) is 75.4 Å². The van der Waals surface area contributed by atoms with Crippen LogP contribution in [0.5, 0.6) is 0 Å². The largest absolute Gasteiger partial charge is 0.467 e. The minimum absolute atomic E-state index is 0.0260. The molecule has 1 N–H and O–H groups in total. The molecule has 1 fully saturated rings. The zero-order valence-electron chi connectivity index (χ0n) is 11.5. The van der Waals surface area contributed by atoms with Crippen LogP contribution in [-0.4, -0.2) is 28.2 Å². The third-order valence-electron chi connectivity index (χ3n) is 3.36. The van der Waals surface area contributed by atoms with E-state index in [1.807, 2.05) is 13.0 Å². The summed E-state index contributed by atoms with van der Waals surface area (Å²) in [5.74, 6) is 0.207. The first kappa shape index (κ1) is 13.8. The first-order valence-electron chi connectivity index (χ1n) is 6.65. The number of carbonyl (C=O) groups excluding carboxylic acids is 2. The average Bonchev–Trinajstić information content (AvgIpc) is 3.15. The number of rotatable bonds is 4. The molecule has 0 bridgehead atoms. The highest BCUT2D eigenvalue weighted by molar-refractivity contribution is 7.15. The van der Waals surface area contributed by atoms with Crippen LogP contribution in [0.4, 0.5) is 5.13 Å². The number of amides is 2. The van der Waals surface area contributed by atoms with E-state index in [0.717, 1.165) is 10.6 Å². The summed E-state index contributed by atoms with van der Waals surface area (Å²) < 4.78 is 5.24. The van der Waals surface area contributed by atoms with E-state index in [2.05, 4.69) is 10.3 Å². The summed E-state index contributed by atoms with van der Waals surface area (Å²) in [7, 11) is 0. The fourth-order valence-corrected chi connectivity index (χ4v) is 2.98. The van der Waals surface area contributed by atoms with E-state index in [-0.39, 0.29) is 24.2 Å². The molecule has 1 aliphatic rings. The van der Waals surface area contributed by atoms with Crippen molar-refractivity contribution in [1.29, 1.82) is 0 Å². The normalized spacial score (nSPS) is 18.2. The molecule has 7 heteroatoms. The highest BCUT2D eigenvalue weighted by atomic mass is 32.1. The number of likely N-dealkylation sites (tertiary alicyclic amines) is 1. The van der Waals surface area contributed by atoms with Crippen LogP contribution in [0.15, 0.2) is 29.0 Å². The number of aryl methyl sites for hydroxylation is 1. The molecule has 2 aromatic rings. The van der Waals surface area contributed by atoms with Crippen molar-refractivity contribution in [1.82, 2.24) is 9.88 Å². The fourth-order valence-electron chi connectivity index (χ4n) is 2.31. The second kappa shape index (κ2) is 5.69. The lowest BCUT2D eigenvalue weighted by Crippen LogP contribution is -2.27. The monoisotopic (exact) mass is 305 g/mol. The van der Waals surface area contributed by atoms with E-state index in [0.29, 0.717) is 18.2 Å². The van der Waals surface area contributed by atoms with Crippen LogP contribution < -0.4 is 5.32 Å². The van der Waals surface area contributed by atoms with Crippen molar-refractivity contribution in [2.45, 2.75) is 19.9 Å². The minimum Gasteiger partial charge on any atom is -0.467 e. The Kier molecular flexibility index (Phi) is 3.74. The smallest absolute Gasteiger partial charge is 0.231 e. The molecule has 21 heavy (non-hydrogen) atoms. The molecule has 0 radical (unpaired) electrons. The third-order valence-corrected chi connectivity index (χ3v) is 4.19. The molecule has 1 saturated heterocycles. The van der Waals surface area contributed by atoms with Crippen molar-refractivity contribution in [3.05, 3.63) is 35.2 Å². The van der Waals surface area contributed by atoms with Crippen molar-refractivity contribution in [3.8, 4) is 0 Å². The quantitative estimate of drug-likeness (QED) is 0.938. The molecule has 2 amide bonds. The molecular formula is C14H15N3O3S. The van der Waals surface area contributed by atoms with Gasteiger partial charge in [0.2, 0.25) is 11.8 Å². The molecule has 0 aliphatic carbocycles. The van der Waals surface area contributed by atoms with Crippen LogP contribution in [0.3, 0.4) is 0 Å². The summed E-state index contributed by atoms with van der Waals surface area (Å²) in [6.45, 7) is 2.75. The van der Waals surface area contributed by atoms with Gasteiger partial charge in [0.25, 0.3) is 0 Å². The summed E-state index contributed by atoms with van der Waals surface area (Å²) in [5, 5.41) is 3.35. The number of furan rings is 1. The van der Waals surface area contributed by atoms with Gasteiger partial charge in [-0.1, -0.05) is 0 Å². The molecule has 1 atom stereocenters. The number of hydrogen-bond acceptors (Lipinski definition) is 5. The van der Waals surface area contributed by atoms with Gasteiger partial charge in [0.05, 0.1) is 18.7 Å². The maximum atomic E-state index is 12.2. The Morgan fingerprint density at radius 2 is 2.48 bits per heavy atom. The van der Waals surface area contributed by atoms with Gasteiger partial charge >= 0.3 is 0 Å². The molecular weight excluding hydrogens is 290 g/mol. The summed E-state index contributed by atoms with van der Waals surface area (Å²) >= 11 is 1.42. The Bertz CT molecular complexity index is 650. The number of anilines is 1. The second-order valence-electron chi connectivity index (χ2n) is 5.02. The molecule has 3 heterocycles. The van der Waals surface area contributed by atoms with Gasteiger partial charge in [-0.2, -0.15) is 0 Å². The van der Waals surface area contributed by atoms with Gasteiger partial charge < -0.3 is 14.6 Å². The molecule has 3 rings (SSSR count). The van der Waals surface area contributed by atoms with E-state index in [9.17, 15) is 9.59 Å². The van der Waals surface area contributed by atoms with Crippen molar-refractivity contribution < 1.29 is 14.0 Å². The molecule has 110 valence electrons. The van der Waals surface area contributed by atoms with Crippen LogP contribution in [0.1, 0.15) is 17.1 Å². The first-order chi connectivity index (χ1) is 10.1. The SMILES string of the molecule is Cc1cnc(NC(=O)C2CC(=O)N(Cc3ccco3)C2)s1. The Labute approximate surface area is 125 Å². The van der Waals surface area contributed by atoms with E-state index < -0.39 is 0 Å². The number of hydrogen-bond donors (Lipinski definition) is 1. The van der Waals surface area contributed by atoms with Gasteiger partial charge in [0.1, 0.15) is 5.76 Å². The number of aromatic nitrogens is 1. The molecule has 2 aromatic heterocycles. The standard InChI is InChI=1S/C14H15N3O3S/c1-9-6-15-14(21-9)16-13(19)10-5-12(18)17(7-10)8-11-3-2-4-20-11/h2-4,6,10H,5,7-8H2,1H3,(H,15,16,19). The van der Waals surface area contributed by atoms with E-state index in [4.69, 9.17) is 4.42 Å². The summed E-state index contributed by atoms with van der Waals surface area (Å²) in [5.41, 5.74) is 0. The predicted molar refractivity (Wildman–Crippen MR) is 77.7 cm³/mol. The van der Waals surface area contributed by atoms with Crippen molar-refractivity contribution >= 4 is 28.3 Å². The fraction of sp³-hybridized carbons (Fsp3) is 0.357. The zero-order chi connectivity index (χ0) is 14.8. The van der Waals surface area contributed by atoms with Crippen LogP contribution in [0, 0.1) is 12.8 Å². The molecule has 0 aromatic carbocycles. The summed E-state index contributed by atoms with van der Waals surface area (Å²) in [4.78, 5) is 30.9. The first-order valence-corrected chi connectivity index (χ1v) is 7.47. The van der Waals surface area contributed by atoms with Crippen molar-refractivity contribution in [3.63, 3.8) is 0 Å². The second-order valence-corrected chi connectivity index (χ2v) is 6.25. The summed E-state index contributed by atoms with van der Waals surface area (Å²) in [6, 6.07) is 3.60. The molecule has 0 saturated carbocycles. The number of nitrogens with zero attached hydrogens (tertiary/aromatic N) is 2. The van der Waals surface area contributed by atoms with Crippen LogP contribution in [0.2, 0.25) is 0 Å². The van der Waals surface area contributed by atoms with Gasteiger partial charge in [-0.15, -0.1) is 11.3 Å². The van der Waals surface area contributed by atoms with Crippen LogP contribution >= 0.6 is 11.3 Å². The van der Waals surface area contributed by atoms with E-state index in [1.54, 1.807) is 23.4 Å². The number of thiazole rings is 1. The van der Waals surface area contributed by atoms with Crippen LogP contribution in [-0.2, 0) is 16.1 Å². The van der Waals surface area contributed by atoms with Gasteiger partial charge in [-0.05, 0) is 19.1 Å². The number of carbonyl (C=O) groups is 2. The molecule has 6 nitrogen and oxygen atoms in total. The maximum absolute atomic E-state index is 12.2. The van der Waals surface area contributed by atoms with Gasteiger partial charge in [-0.3, -0.25) is 9.59 Å². The summed E-state index contributed by atoms with van der Waals surface area (Å²) in [6.07, 6.45) is 3.52. The van der Waals surface area contributed by atoms with Gasteiger partial charge in [-0.25, -0.2) is 4.98 Å². The molecule has 0 spiro atoms. The Morgan fingerprint density at radius 1 is 1.62 bits per heavy atom. The highest BCUT2D eigenvalue weighted by Gasteiger charge is 2.34. The zero-order valence-corrected chi connectivity index (χ0v) is 12.4. The third kappa shape index (κ3) is 3.13. The lowest BCUT2D eigenvalue weighted by molar-refractivity contribution is -0.128. The Hall–Kier alpha value is -2.15. The lowest BCUT2D eigenvalue weighted by atomic mass is 10.1. The Morgan fingerprint density at radius 3 is 3.14 bits per heavy atom. The number of nitrogens with one attached hydrogen (secondary N) is 1. The average molecular weight is 305 g/mol. The van der Waals surface area contributed by atoms with Crippen LogP contribution in [0.25, 0.3) is 0 Å². The maximum Gasteiger partial charge on any atom is 0.231 e. The lowest BCUT2D eigenvalue weighted by Gasteiger charge is -2.14. The predicted octanol–water partition coefficient (Wildman–Crippen LogP) is 2.03. The minimum atomic E-state index is -0.336. The highest BCUT2D eigenvalue weighted by Crippen LogP contribution is 2.23. The van der Waals surface area contributed by atoms with Crippen molar-refractivity contribution in [2.75, 3.05) is 11.9 Å². The van der Waals surface area contributed by atoms with E-state index >= 15 is 0 Å². The molecule has 1 unspecified atom stereocenters. The molecule has 1 aliphatic heterocycles. The van der Waals surface area contributed by atoms with Gasteiger partial charge in [0, 0.05) is 24.0 Å². The Balaban J connectivity index is 1.59. The van der Waals surface area contributed by atoms with Gasteiger partial charge in [0.15, 0.2) is 5.13 Å². The van der Waals surface area contributed by atoms with E-state index in [1.165, 1.54) is 11.3 Å².